The van der Waals surface area contributed by atoms with Crippen LogP contribution in [0.3, 0.4) is 0 Å². The van der Waals surface area contributed by atoms with Crippen molar-refractivity contribution < 1.29 is 13.2 Å². The van der Waals surface area contributed by atoms with E-state index in [9.17, 15) is 13.2 Å². The van der Waals surface area contributed by atoms with Gasteiger partial charge in [0.2, 0.25) is 0 Å². The third-order valence-electron chi connectivity index (χ3n) is 3.25. The molecule has 0 amide bonds. The van der Waals surface area contributed by atoms with Crippen LogP contribution in [0.1, 0.15) is 25.7 Å². The molecular formula is C9H14F3N3. The number of halogens is 3. The summed E-state index contributed by atoms with van der Waals surface area (Å²) >= 11 is 0. The standard InChI is InChI=1S/C9H14F3N3/c10-9(11,12)6-2-1-3-8(4-6)5-14-7(13)15-8/h6H,1-5H2,(H3,13,14,15). The molecule has 1 aliphatic heterocycles. The Morgan fingerprint density at radius 3 is 2.73 bits per heavy atom. The Labute approximate surface area is 85.9 Å². The van der Waals surface area contributed by atoms with Gasteiger partial charge in [-0.2, -0.15) is 13.2 Å². The van der Waals surface area contributed by atoms with Gasteiger partial charge in [-0.15, -0.1) is 0 Å². The molecule has 1 heterocycles. The van der Waals surface area contributed by atoms with Gasteiger partial charge in [-0.1, -0.05) is 6.42 Å². The third kappa shape index (κ3) is 2.03. The fraction of sp³-hybridized carbons (Fsp3) is 0.889. The largest absolute Gasteiger partial charge is 0.391 e. The molecule has 2 atom stereocenters. The number of nitrogens with zero attached hydrogens (tertiary/aromatic N) is 1. The van der Waals surface area contributed by atoms with Crippen LogP contribution < -0.4 is 11.1 Å². The van der Waals surface area contributed by atoms with E-state index >= 15 is 0 Å². The third-order valence-corrected chi connectivity index (χ3v) is 3.25. The Hall–Kier alpha value is -0.940. The predicted molar refractivity (Wildman–Crippen MR) is 50.4 cm³/mol. The maximum absolute atomic E-state index is 12.6. The molecule has 0 aromatic carbocycles. The van der Waals surface area contributed by atoms with E-state index < -0.39 is 17.6 Å². The molecule has 0 aromatic heterocycles. The zero-order chi connectivity index (χ0) is 11.1. The first-order valence-electron chi connectivity index (χ1n) is 5.06. The van der Waals surface area contributed by atoms with Crippen LogP contribution in [0, 0.1) is 5.92 Å². The van der Waals surface area contributed by atoms with Crippen LogP contribution in [0.5, 0.6) is 0 Å². The number of alkyl halides is 3. The summed E-state index contributed by atoms with van der Waals surface area (Å²) in [6.45, 7) is 0.380. The second kappa shape index (κ2) is 3.28. The molecule has 0 radical (unpaired) electrons. The first kappa shape index (κ1) is 10.6. The molecule has 86 valence electrons. The van der Waals surface area contributed by atoms with Crippen molar-refractivity contribution in [2.45, 2.75) is 37.4 Å². The van der Waals surface area contributed by atoms with Gasteiger partial charge in [0.25, 0.3) is 0 Å². The number of hydrogen-bond donors (Lipinski definition) is 2. The summed E-state index contributed by atoms with van der Waals surface area (Å²) in [7, 11) is 0. The van der Waals surface area contributed by atoms with Crippen molar-refractivity contribution in [3.8, 4) is 0 Å². The molecular weight excluding hydrogens is 207 g/mol. The number of nitrogens with two attached hydrogens (primary N) is 1. The summed E-state index contributed by atoms with van der Waals surface area (Å²) in [5.74, 6) is -0.933. The average Bonchev–Trinajstić information content (AvgIpc) is 2.46. The van der Waals surface area contributed by atoms with Gasteiger partial charge in [0, 0.05) is 0 Å². The second-order valence-electron chi connectivity index (χ2n) is 4.44. The summed E-state index contributed by atoms with van der Waals surface area (Å²) in [4.78, 5) is 3.95. The number of hydrogen-bond acceptors (Lipinski definition) is 3. The molecule has 0 aromatic rings. The number of guanidine groups is 1. The van der Waals surface area contributed by atoms with Crippen molar-refractivity contribution in [2.75, 3.05) is 6.54 Å². The average molecular weight is 221 g/mol. The summed E-state index contributed by atoms with van der Waals surface area (Å²) in [5, 5.41) is 2.90. The smallest absolute Gasteiger partial charge is 0.370 e. The Morgan fingerprint density at radius 2 is 2.20 bits per heavy atom. The summed E-state index contributed by atoms with van der Waals surface area (Å²) in [5.41, 5.74) is 4.93. The second-order valence-corrected chi connectivity index (χ2v) is 4.44. The number of nitrogens with one attached hydrogen (secondary N) is 1. The van der Waals surface area contributed by atoms with Crippen molar-refractivity contribution >= 4 is 5.96 Å². The highest BCUT2D eigenvalue weighted by atomic mass is 19.4. The Balaban J connectivity index is 2.05. The molecule has 6 heteroatoms. The Morgan fingerprint density at radius 1 is 1.47 bits per heavy atom. The van der Waals surface area contributed by atoms with Crippen LogP contribution in [0.15, 0.2) is 4.99 Å². The lowest BCUT2D eigenvalue weighted by Crippen LogP contribution is -2.52. The molecule has 2 unspecified atom stereocenters. The van der Waals surface area contributed by atoms with Crippen LogP contribution in [0.25, 0.3) is 0 Å². The maximum atomic E-state index is 12.6. The van der Waals surface area contributed by atoms with E-state index in [0.29, 0.717) is 13.0 Å². The van der Waals surface area contributed by atoms with Crippen LogP contribution in [-0.2, 0) is 0 Å². The molecule has 2 aliphatic rings. The van der Waals surface area contributed by atoms with E-state index in [1.165, 1.54) is 0 Å². The predicted octanol–water partition coefficient (Wildman–Crippen LogP) is 1.40. The molecule has 1 spiro atoms. The van der Waals surface area contributed by atoms with Crippen LogP contribution in [-0.4, -0.2) is 24.2 Å². The van der Waals surface area contributed by atoms with E-state index in [0.717, 1.165) is 6.42 Å². The lowest BCUT2D eigenvalue weighted by molar-refractivity contribution is -0.187. The quantitative estimate of drug-likeness (QED) is 0.649. The van der Waals surface area contributed by atoms with Crippen LogP contribution in [0.4, 0.5) is 13.2 Å². The molecule has 15 heavy (non-hydrogen) atoms. The lowest BCUT2D eigenvalue weighted by atomic mass is 9.76. The highest BCUT2D eigenvalue weighted by molar-refractivity contribution is 5.80. The minimum absolute atomic E-state index is 0.0979. The zero-order valence-corrected chi connectivity index (χ0v) is 8.27. The molecule has 3 nitrogen and oxygen atoms in total. The van der Waals surface area contributed by atoms with Crippen molar-refractivity contribution in [1.29, 1.82) is 0 Å². The van der Waals surface area contributed by atoms with Crippen molar-refractivity contribution in [3.05, 3.63) is 0 Å². The maximum Gasteiger partial charge on any atom is 0.391 e. The van der Waals surface area contributed by atoms with E-state index in [2.05, 4.69) is 10.3 Å². The molecule has 1 fully saturated rings. The molecule has 0 bridgehead atoms. The van der Waals surface area contributed by atoms with Gasteiger partial charge >= 0.3 is 6.18 Å². The van der Waals surface area contributed by atoms with E-state index in [1.807, 2.05) is 0 Å². The van der Waals surface area contributed by atoms with Gasteiger partial charge in [0.05, 0.1) is 18.0 Å². The fourth-order valence-electron chi connectivity index (χ4n) is 2.49. The van der Waals surface area contributed by atoms with E-state index in [4.69, 9.17) is 5.73 Å². The van der Waals surface area contributed by atoms with Gasteiger partial charge in [-0.05, 0) is 19.3 Å². The molecule has 1 aliphatic carbocycles. The van der Waals surface area contributed by atoms with Gasteiger partial charge in [-0.25, -0.2) is 0 Å². The van der Waals surface area contributed by atoms with Crippen molar-refractivity contribution in [2.24, 2.45) is 16.6 Å². The Kier molecular flexibility index (Phi) is 2.31. The Bertz CT molecular complexity index is 287. The lowest BCUT2D eigenvalue weighted by Gasteiger charge is -2.38. The van der Waals surface area contributed by atoms with E-state index in [1.54, 1.807) is 0 Å². The molecule has 0 saturated heterocycles. The molecule has 1 saturated carbocycles. The fourth-order valence-corrected chi connectivity index (χ4v) is 2.49. The normalized spacial score (nSPS) is 36.5. The van der Waals surface area contributed by atoms with Gasteiger partial charge in [0.1, 0.15) is 0 Å². The highest BCUT2D eigenvalue weighted by Crippen LogP contribution is 2.42. The molecule has 3 N–H and O–H groups in total. The van der Waals surface area contributed by atoms with E-state index in [-0.39, 0.29) is 18.8 Å². The zero-order valence-electron chi connectivity index (χ0n) is 8.27. The summed E-state index contributed by atoms with van der Waals surface area (Å²) < 4.78 is 37.7. The topological polar surface area (TPSA) is 50.4 Å². The first-order valence-corrected chi connectivity index (χ1v) is 5.06. The van der Waals surface area contributed by atoms with Crippen LogP contribution in [0.2, 0.25) is 0 Å². The minimum atomic E-state index is -4.09. The summed E-state index contributed by atoms with van der Waals surface area (Å²) in [6, 6.07) is 0. The van der Waals surface area contributed by atoms with Gasteiger partial charge < -0.3 is 11.1 Å². The number of rotatable bonds is 0. The van der Waals surface area contributed by atoms with Crippen molar-refractivity contribution in [1.82, 2.24) is 5.32 Å². The molecule has 2 rings (SSSR count). The minimum Gasteiger partial charge on any atom is -0.370 e. The van der Waals surface area contributed by atoms with Crippen molar-refractivity contribution in [3.63, 3.8) is 0 Å². The van der Waals surface area contributed by atoms with Crippen LogP contribution >= 0.6 is 0 Å². The monoisotopic (exact) mass is 221 g/mol. The SMILES string of the molecule is NC1=NCC2(CCCC(C(F)(F)F)C2)N1. The number of aliphatic imine (C=N–C) groups is 1. The van der Waals surface area contributed by atoms with Gasteiger partial charge in [-0.3, -0.25) is 4.99 Å². The summed E-state index contributed by atoms with van der Waals surface area (Å²) in [6.07, 6.45) is -2.45. The van der Waals surface area contributed by atoms with Gasteiger partial charge in [0.15, 0.2) is 5.96 Å². The highest BCUT2D eigenvalue weighted by Gasteiger charge is 2.48. The first-order chi connectivity index (χ1) is 6.91.